The lowest BCUT2D eigenvalue weighted by Crippen LogP contribution is -2.62. The summed E-state index contributed by atoms with van der Waals surface area (Å²) in [5.74, 6) is 0.411. The molecule has 9 nitrogen and oxygen atoms in total. The Balaban J connectivity index is 0.000000761. The van der Waals surface area contributed by atoms with Gasteiger partial charge in [-0.25, -0.2) is 0 Å². The quantitative estimate of drug-likeness (QED) is 0.156. The maximum Gasteiger partial charge on any atom is 0.245 e. The Morgan fingerprint density at radius 1 is 1.09 bits per heavy atom. The number of aliphatic hydroxyl groups is 1. The van der Waals surface area contributed by atoms with E-state index in [9.17, 15) is 19.5 Å². The monoisotopic (exact) mass is 644 g/mol. The molecule has 0 aliphatic heterocycles. The van der Waals surface area contributed by atoms with Gasteiger partial charge < -0.3 is 30.7 Å². The second kappa shape index (κ2) is 20.1. The highest BCUT2D eigenvalue weighted by molar-refractivity contribution is 6.30. The number of ether oxygens (including phenoxy) is 1. The molecule has 0 bridgehead atoms. The zero-order chi connectivity index (χ0) is 33.2. The van der Waals surface area contributed by atoms with Crippen LogP contribution in [0.4, 0.5) is 0 Å². The topological polar surface area (TPSA) is 120 Å². The molecular formula is C35H53ClN4O5. The van der Waals surface area contributed by atoms with Gasteiger partial charge >= 0.3 is 0 Å². The van der Waals surface area contributed by atoms with Crippen LogP contribution in [0.2, 0.25) is 5.02 Å². The highest BCUT2D eigenvalue weighted by atomic mass is 35.5. The van der Waals surface area contributed by atoms with Crippen molar-refractivity contribution >= 4 is 29.8 Å². The Bertz CT molecular complexity index is 1140. The van der Waals surface area contributed by atoms with E-state index >= 15 is 0 Å². The molecule has 250 valence electrons. The predicted molar refractivity (Wildman–Crippen MR) is 180 cm³/mol. The molecule has 0 heterocycles. The van der Waals surface area contributed by atoms with E-state index in [2.05, 4.69) is 16.0 Å². The number of amides is 3. The summed E-state index contributed by atoms with van der Waals surface area (Å²) in [6.07, 6.45) is 7.53. The number of halogens is 1. The molecule has 0 saturated heterocycles. The maximum absolute atomic E-state index is 13.7. The Hall–Kier alpha value is -3.14. The van der Waals surface area contributed by atoms with Gasteiger partial charge in [0.25, 0.3) is 0 Å². The van der Waals surface area contributed by atoms with Crippen LogP contribution in [0.1, 0.15) is 70.4 Å². The number of hydrogen-bond acceptors (Lipinski definition) is 6. The van der Waals surface area contributed by atoms with E-state index in [1.165, 1.54) is 16.9 Å². The van der Waals surface area contributed by atoms with Gasteiger partial charge in [0, 0.05) is 31.7 Å². The molecule has 0 spiro atoms. The van der Waals surface area contributed by atoms with Crippen molar-refractivity contribution in [1.82, 2.24) is 20.9 Å². The van der Waals surface area contributed by atoms with Gasteiger partial charge in [-0.05, 0) is 83.1 Å². The highest BCUT2D eigenvalue weighted by Crippen LogP contribution is 2.28. The minimum Gasteiger partial charge on any atom is -0.492 e. The number of aryl methyl sites for hydroxylation is 2. The third-order valence-corrected chi connectivity index (χ3v) is 8.20. The fourth-order valence-electron chi connectivity index (χ4n) is 5.71. The summed E-state index contributed by atoms with van der Waals surface area (Å²) in [6.45, 7) is 8.85. The molecule has 1 aliphatic carbocycles. The van der Waals surface area contributed by atoms with Crippen LogP contribution < -0.4 is 20.7 Å². The van der Waals surface area contributed by atoms with Gasteiger partial charge in [0.2, 0.25) is 18.2 Å². The summed E-state index contributed by atoms with van der Waals surface area (Å²) in [7, 11) is 1.60. The van der Waals surface area contributed by atoms with Crippen molar-refractivity contribution in [3.8, 4) is 5.75 Å². The van der Waals surface area contributed by atoms with Crippen molar-refractivity contribution in [2.24, 2.45) is 5.92 Å². The van der Waals surface area contributed by atoms with Crippen LogP contribution >= 0.6 is 11.6 Å². The first kappa shape index (κ1) is 38.0. The fraction of sp³-hybridized carbons (Fsp3) is 0.571. The summed E-state index contributed by atoms with van der Waals surface area (Å²) in [5, 5.41) is 20.4. The van der Waals surface area contributed by atoms with Gasteiger partial charge in [0.05, 0.1) is 11.6 Å². The van der Waals surface area contributed by atoms with Crippen LogP contribution in [0, 0.1) is 12.8 Å². The first-order valence-electron chi connectivity index (χ1n) is 16.1. The first-order chi connectivity index (χ1) is 21.5. The second-order valence-corrected chi connectivity index (χ2v) is 12.6. The molecule has 1 fully saturated rings. The summed E-state index contributed by atoms with van der Waals surface area (Å²) >= 11 is 5.61. The fourth-order valence-corrected chi connectivity index (χ4v) is 5.84. The summed E-state index contributed by atoms with van der Waals surface area (Å²) in [6, 6.07) is 14.1. The Morgan fingerprint density at radius 2 is 1.76 bits per heavy atom. The van der Waals surface area contributed by atoms with Crippen molar-refractivity contribution < 1.29 is 24.2 Å². The van der Waals surface area contributed by atoms with Crippen LogP contribution in [0.25, 0.3) is 0 Å². The lowest BCUT2D eigenvalue weighted by atomic mass is 9.83. The Kier molecular flexibility index (Phi) is 17.0. The molecule has 10 heteroatoms. The van der Waals surface area contributed by atoms with E-state index in [0.717, 1.165) is 54.9 Å². The smallest absolute Gasteiger partial charge is 0.245 e. The predicted octanol–water partition coefficient (Wildman–Crippen LogP) is 4.66. The largest absolute Gasteiger partial charge is 0.492 e. The molecule has 3 amide bonds. The van der Waals surface area contributed by atoms with E-state index in [0.29, 0.717) is 32.7 Å². The third kappa shape index (κ3) is 13.4. The lowest BCUT2D eigenvalue weighted by Gasteiger charge is -2.39. The third-order valence-electron chi connectivity index (χ3n) is 7.95. The number of carbonyl (C=O) groups excluding carboxylic acids is 3. The Morgan fingerprint density at radius 3 is 2.36 bits per heavy atom. The Labute approximate surface area is 274 Å². The standard InChI is InChI=1S/C28H46N4O5.C7H7Cl/c1-5-30-26(34)25(28(2,3)36)32(4)27(35)24(22-13-7-6-8-14-22)31-18-19-37-23-16-10-9-12-21(23)15-11-17-29-20-33;1-6-2-4-7(8)5-3-6/h9-10,12,16,20,22,24-25,31,36H,5-8,11,13-15,17-19H2,1-4H3,(H,29,33)(H,30,34);2-5H,1H3. The number of hydrogen-bond donors (Lipinski definition) is 4. The zero-order valence-corrected chi connectivity index (χ0v) is 28.4. The molecule has 1 aliphatic rings. The minimum atomic E-state index is -1.39. The molecule has 3 rings (SSSR count). The number of carbonyl (C=O) groups is 3. The van der Waals surface area contributed by atoms with Gasteiger partial charge in [-0.3, -0.25) is 14.4 Å². The maximum atomic E-state index is 13.7. The molecule has 45 heavy (non-hydrogen) atoms. The molecule has 2 atom stereocenters. The summed E-state index contributed by atoms with van der Waals surface area (Å²) in [4.78, 5) is 38.4. The van der Waals surface area contributed by atoms with Gasteiger partial charge in [0.15, 0.2) is 0 Å². The van der Waals surface area contributed by atoms with E-state index in [1.54, 1.807) is 20.9 Å². The number of rotatable bonds is 16. The van der Waals surface area contributed by atoms with Crippen molar-refractivity contribution in [2.45, 2.75) is 90.3 Å². The van der Waals surface area contributed by atoms with Crippen molar-refractivity contribution in [1.29, 1.82) is 0 Å². The van der Waals surface area contributed by atoms with E-state index in [4.69, 9.17) is 16.3 Å². The van der Waals surface area contributed by atoms with Crippen LogP contribution in [0.5, 0.6) is 5.75 Å². The molecule has 2 unspecified atom stereocenters. The molecular weight excluding hydrogens is 592 g/mol. The van der Waals surface area contributed by atoms with Gasteiger partial charge in [-0.15, -0.1) is 0 Å². The van der Waals surface area contributed by atoms with Crippen LogP contribution in [-0.4, -0.2) is 79.2 Å². The van der Waals surface area contributed by atoms with Gasteiger partial charge in [-0.2, -0.15) is 0 Å². The molecule has 0 aromatic heterocycles. The van der Waals surface area contributed by atoms with Crippen molar-refractivity contribution in [2.75, 3.05) is 33.3 Å². The average molecular weight is 645 g/mol. The summed E-state index contributed by atoms with van der Waals surface area (Å²) in [5.41, 5.74) is 0.925. The zero-order valence-electron chi connectivity index (χ0n) is 27.6. The average Bonchev–Trinajstić information content (AvgIpc) is 3.01. The molecule has 1 saturated carbocycles. The van der Waals surface area contributed by atoms with Gasteiger partial charge in [0.1, 0.15) is 18.4 Å². The number of benzene rings is 2. The van der Waals surface area contributed by atoms with E-state index in [1.807, 2.05) is 62.4 Å². The second-order valence-electron chi connectivity index (χ2n) is 12.2. The number of nitrogens with one attached hydrogen (secondary N) is 3. The summed E-state index contributed by atoms with van der Waals surface area (Å²) < 4.78 is 6.06. The number of likely N-dealkylation sites (N-methyl/N-ethyl adjacent to an activating group) is 2. The van der Waals surface area contributed by atoms with Crippen LogP contribution in [0.15, 0.2) is 48.5 Å². The van der Waals surface area contributed by atoms with Crippen LogP contribution in [0.3, 0.4) is 0 Å². The highest BCUT2D eigenvalue weighted by Gasteiger charge is 2.42. The van der Waals surface area contributed by atoms with Gasteiger partial charge in [-0.1, -0.05) is 66.8 Å². The lowest BCUT2D eigenvalue weighted by molar-refractivity contribution is -0.150. The van der Waals surface area contributed by atoms with Crippen molar-refractivity contribution in [3.63, 3.8) is 0 Å². The minimum absolute atomic E-state index is 0.165. The van der Waals surface area contributed by atoms with Crippen LogP contribution in [-0.2, 0) is 20.8 Å². The molecule has 4 N–H and O–H groups in total. The molecule has 2 aromatic carbocycles. The van der Waals surface area contributed by atoms with E-state index in [-0.39, 0.29) is 17.7 Å². The molecule has 2 aromatic rings. The SMILES string of the molecule is CCNC(=O)C(N(C)C(=O)C(NCCOc1ccccc1CCCNC=O)C1CCCCC1)C(C)(C)O.Cc1ccc(Cl)cc1. The number of para-hydroxylation sites is 1. The number of nitrogens with zero attached hydrogens (tertiary/aromatic N) is 1. The van der Waals surface area contributed by atoms with E-state index < -0.39 is 17.7 Å². The normalized spacial score (nSPS) is 14.7. The molecule has 0 radical (unpaired) electrons. The first-order valence-corrected chi connectivity index (χ1v) is 16.5. The van der Waals surface area contributed by atoms with Crippen molar-refractivity contribution in [3.05, 3.63) is 64.7 Å².